The van der Waals surface area contributed by atoms with Crippen LogP contribution in [0.4, 0.5) is 5.69 Å². The van der Waals surface area contributed by atoms with Crippen LogP contribution < -0.4 is 11.2 Å². The normalized spacial score (nSPS) is 19.1. The van der Waals surface area contributed by atoms with Gasteiger partial charge in [-0.05, 0) is 50.3 Å². The minimum absolute atomic E-state index is 0.147. The maximum absolute atomic E-state index is 13.4. The lowest BCUT2D eigenvalue weighted by Gasteiger charge is -2.35. The highest BCUT2D eigenvalue weighted by Crippen LogP contribution is 2.28. The topological polar surface area (TPSA) is 164 Å². The van der Waals surface area contributed by atoms with Crippen molar-refractivity contribution in [3.05, 3.63) is 42.0 Å². The highest BCUT2D eigenvalue weighted by atomic mass is 16.6. The van der Waals surface area contributed by atoms with E-state index in [1.165, 1.54) is 5.01 Å². The molecule has 1 aromatic rings. The summed E-state index contributed by atoms with van der Waals surface area (Å²) in [4.78, 5) is 55.7. The van der Waals surface area contributed by atoms with Crippen LogP contribution in [0.5, 0.6) is 0 Å². The Bertz CT molecular complexity index is 1300. The molecule has 4 N–H and O–H groups in total. The second-order valence-electron chi connectivity index (χ2n) is 11.6. The molecule has 43 heavy (non-hydrogen) atoms. The van der Waals surface area contributed by atoms with Crippen LogP contribution in [0.1, 0.15) is 64.5 Å². The van der Waals surface area contributed by atoms with Crippen LogP contribution in [0.15, 0.2) is 35.8 Å². The Hall–Kier alpha value is -3.96. The molecule has 2 fully saturated rings. The fourth-order valence-corrected chi connectivity index (χ4v) is 4.65. The van der Waals surface area contributed by atoms with Crippen LogP contribution in [-0.2, 0) is 28.7 Å². The monoisotopic (exact) mass is 593 g/mol. The first-order valence-corrected chi connectivity index (χ1v) is 14.6. The summed E-state index contributed by atoms with van der Waals surface area (Å²) < 4.78 is 11.0. The number of primary amides is 1. The molecule has 2 aliphatic rings. The summed E-state index contributed by atoms with van der Waals surface area (Å²) in [7, 11) is 0. The number of Topliss-reactive ketones (excluding diaryl/α,β-unsaturated/α-hetero) is 1. The van der Waals surface area contributed by atoms with E-state index in [1.807, 2.05) is 31.3 Å². The third-order valence-corrected chi connectivity index (χ3v) is 7.52. The zero-order chi connectivity index (χ0) is 31.7. The second-order valence-corrected chi connectivity index (χ2v) is 11.6. The molecule has 3 rings (SSSR count). The average Bonchev–Trinajstić information content (AvgIpc) is 2.96. The number of nitrogens with one attached hydrogen (secondary N) is 2. The van der Waals surface area contributed by atoms with Crippen LogP contribution in [-0.4, -0.2) is 72.4 Å². The van der Waals surface area contributed by atoms with Crippen LogP contribution in [0.2, 0.25) is 0 Å². The number of aliphatic imine (C=N–C) groups is 1. The van der Waals surface area contributed by atoms with E-state index in [0.29, 0.717) is 19.4 Å². The quantitative estimate of drug-likeness (QED) is 0.219. The van der Waals surface area contributed by atoms with Crippen LogP contribution >= 0.6 is 0 Å². The minimum Gasteiger partial charge on any atom is -0.453 e. The summed E-state index contributed by atoms with van der Waals surface area (Å²) in [6, 6.07) is 5.06. The summed E-state index contributed by atoms with van der Waals surface area (Å²) in [5.41, 5.74) is 9.30. The Balaban J connectivity index is 1.67. The predicted molar refractivity (Wildman–Crippen MR) is 166 cm³/mol. The molecule has 11 heteroatoms. The Morgan fingerprint density at radius 2 is 2.02 bits per heavy atom. The minimum atomic E-state index is -1.20. The third kappa shape index (κ3) is 8.77. The van der Waals surface area contributed by atoms with Gasteiger partial charge < -0.3 is 20.6 Å². The molecule has 2 amide bonds. The molecule has 0 radical (unpaired) electrons. The number of nitrogens with two attached hydrogens (primary N) is 1. The molecule has 0 aliphatic carbocycles. The lowest BCUT2D eigenvalue weighted by Crippen LogP contribution is -2.57. The van der Waals surface area contributed by atoms with Gasteiger partial charge in [-0.1, -0.05) is 50.8 Å². The highest BCUT2D eigenvalue weighted by Gasteiger charge is 2.41. The zero-order valence-electron chi connectivity index (χ0n) is 25.4. The molecule has 232 valence electrons. The van der Waals surface area contributed by atoms with Crippen molar-refractivity contribution < 1.29 is 28.7 Å². The van der Waals surface area contributed by atoms with Gasteiger partial charge in [0.15, 0.2) is 6.10 Å². The van der Waals surface area contributed by atoms with Crippen molar-refractivity contribution >= 4 is 53.3 Å². The van der Waals surface area contributed by atoms with Gasteiger partial charge in [0.25, 0.3) is 0 Å². The summed E-state index contributed by atoms with van der Waals surface area (Å²) in [6.45, 7) is 11.7. The van der Waals surface area contributed by atoms with Gasteiger partial charge in [-0.2, -0.15) is 0 Å². The maximum Gasteiger partial charge on any atom is 0.316 e. The Morgan fingerprint density at radius 3 is 2.63 bits per heavy atom. The Labute approximate surface area is 253 Å². The number of amides is 2. The van der Waals surface area contributed by atoms with Crippen molar-refractivity contribution in [1.29, 1.82) is 5.41 Å². The van der Waals surface area contributed by atoms with E-state index in [1.54, 1.807) is 39.0 Å². The fraction of sp³-hybridized carbons (Fsp3) is 0.500. The van der Waals surface area contributed by atoms with E-state index in [0.717, 1.165) is 23.2 Å². The lowest BCUT2D eigenvalue weighted by molar-refractivity contribution is -0.173. The van der Waals surface area contributed by atoms with Crippen molar-refractivity contribution in [2.24, 2.45) is 28.0 Å². The number of hydrazine groups is 1. The number of rotatable bonds is 14. The molecule has 0 saturated carbocycles. The third-order valence-electron chi connectivity index (χ3n) is 7.52. The number of esters is 1. The molecule has 0 aromatic heterocycles. The molecular weight excluding hydrogens is 550 g/mol. The second kappa shape index (κ2) is 15.0. The van der Waals surface area contributed by atoms with Gasteiger partial charge >= 0.3 is 5.97 Å². The van der Waals surface area contributed by atoms with Crippen molar-refractivity contribution in [3.63, 3.8) is 0 Å². The Kier molecular flexibility index (Phi) is 11.7. The zero-order valence-corrected chi connectivity index (χ0v) is 25.4. The Morgan fingerprint density at radius 1 is 1.30 bits per heavy atom. The highest BCUT2D eigenvalue weighted by molar-refractivity contribution is 6.40. The molecule has 2 unspecified atom stereocenters. The van der Waals surface area contributed by atoms with Crippen molar-refractivity contribution in [2.45, 2.75) is 65.5 Å². The van der Waals surface area contributed by atoms with Crippen LogP contribution in [0.25, 0.3) is 12.2 Å². The molecule has 2 heterocycles. The molecule has 1 aromatic carbocycles. The SMILES string of the molecule is C=Cc1ccc(/C=C/C(C)(C)C(=O)OC(C(=O)C(=N)CC(C)C(=O)N2CCC[C@@H](C(N)=O)N2)C2COC2)cc1N=CCC. The number of carbonyl (C=O) groups excluding carboxylic acids is 4. The predicted octanol–water partition coefficient (Wildman–Crippen LogP) is 3.64. The van der Waals surface area contributed by atoms with Crippen molar-refractivity contribution in [2.75, 3.05) is 19.8 Å². The van der Waals surface area contributed by atoms with E-state index in [4.69, 9.17) is 20.6 Å². The van der Waals surface area contributed by atoms with Crippen LogP contribution in [0, 0.1) is 22.7 Å². The maximum atomic E-state index is 13.4. The molecule has 0 spiro atoms. The smallest absolute Gasteiger partial charge is 0.316 e. The van der Waals surface area contributed by atoms with Gasteiger partial charge in [0, 0.05) is 25.1 Å². The van der Waals surface area contributed by atoms with Gasteiger partial charge in [-0.3, -0.25) is 29.2 Å². The van der Waals surface area contributed by atoms with E-state index < -0.39 is 41.1 Å². The summed E-state index contributed by atoms with van der Waals surface area (Å²) in [5, 5.41) is 9.81. The number of nitrogens with zero attached hydrogens (tertiary/aromatic N) is 2. The molecule has 3 atom stereocenters. The first-order chi connectivity index (χ1) is 20.4. The molecular formula is C32H43N5O6. The van der Waals surface area contributed by atoms with Gasteiger partial charge in [0.05, 0.1) is 35.9 Å². The van der Waals surface area contributed by atoms with Gasteiger partial charge in [-0.25, -0.2) is 5.43 Å². The van der Waals surface area contributed by atoms with E-state index in [9.17, 15) is 19.2 Å². The number of hydrogen-bond acceptors (Lipinski definition) is 9. The van der Waals surface area contributed by atoms with Gasteiger partial charge in [-0.15, -0.1) is 0 Å². The summed E-state index contributed by atoms with van der Waals surface area (Å²) in [5.74, 6) is -3.26. The standard InChI is InChI=1S/C32H43N5O6/c1-6-14-35-26-17-21(10-11-22(26)7-2)12-13-32(4,5)31(41)43-28(23-18-42-19-23)27(38)24(33)16-20(3)30(40)37-15-8-9-25(36-37)29(34)39/h7,10-14,17,20,23,25,28,33,36H,2,6,8-9,15-16,18-19H2,1,3-5H3,(H2,34,39)/b13-12+,33-24?,35-14?/t20?,25-,28?/m0/s1. The number of benzene rings is 1. The summed E-state index contributed by atoms with van der Waals surface area (Å²) in [6.07, 6.45) is 7.64. The van der Waals surface area contributed by atoms with E-state index in [-0.39, 0.29) is 37.2 Å². The largest absolute Gasteiger partial charge is 0.453 e. The van der Waals surface area contributed by atoms with Crippen LogP contribution in [0.3, 0.4) is 0 Å². The first-order valence-electron chi connectivity index (χ1n) is 14.6. The number of ketones is 1. The number of hydrogen-bond donors (Lipinski definition) is 3. The van der Waals surface area contributed by atoms with Gasteiger partial charge in [0.2, 0.25) is 17.6 Å². The molecule has 11 nitrogen and oxygen atoms in total. The number of carbonyl (C=O) groups is 4. The van der Waals surface area contributed by atoms with E-state index in [2.05, 4.69) is 17.0 Å². The lowest BCUT2D eigenvalue weighted by atomic mass is 9.89. The summed E-state index contributed by atoms with van der Waals surface area (Å²) >= 11 is 0. The number of ether oxygens (including phenoxy) is 2. The average molecular weight is 594 g/mol. The molecule has 0 bridgehead atoms. The van der Waals surface area contributed by atoms with Crippen molar-refractivity contribution in [3.8, 4) is 0 Å². The first kappa shape index (κ1) is 33.5. The fourth-order valence-electron chi connectivity index (χ4n) is 4.65. The molecule has 2 aliphatic heterocycles. The van der Waals surface area contributed by atoms with Gasteiger partial charge in [0.1, 0.15) is 6.04 Å². The molecule has 2 saturated heterocycles. The van der Waals surface area contributed by atoms with E-state index >= 15 is 0 Å². The van der Waals surface area contributed by atoms with Crippen molar-refractivity contribution in [1.82, 2.24) is 10.4 Å².